The number of unbranched alkanes of at least 4 members (excludes halogenated alkanes) is 22. The van der Waals surface area contributed by atoms with Crippen LogP contribution >= 0.6 is 0 Å². The molecule has 330 valence electrons. The smallest absolute Gasteiger partial charge is 0.306 e. The monoisotopic (exact) mass is 798 g/mol. The van der Waals surface area contributed by atoms with Crippen molar-refractivity contribution in [3.05, 3.63) is 60.8 Å². The summed E-state index contributed by atoms with van der Waals surface area (Å²) in [5.41, 5.74) is 0. The van der Waals surface area contributed by atoms with Crippen LogP contribution in [0.4, 0.5) is 0 Å². The highest BCUT2D eigenvalue weighted by atomic mass is 16.5. The molecule has 0 aliphatic heterocycles. The Morgan fingerprint density at radius 2 is 1.04 bits per heavy atom. The van der Waals surface area contributed by atoms with Gasteiger partial charge in [0, 0.05) is 6.42 Å². The molecule has 6 nitrogen and oxygen atoms in total. The van der Waals surface area contributed by atoms with Gasteiger partial charge in [-0.05, 0) is 70.6 Å². The summed E-state index contributed by atoms with van der Waals surface area (Å²) < 4.78 is 5.91. The SMILES string of the molecule is CC/C=C/C=C/C=C/CCCCCCCCCC(=O)OC(CCCCCCC/C=C/C/C=C/CC)CC(=O)NC(CO)C(O)CCCCCCCCCCCCC. The van der Waals surface area contributed by atoms with Gasteiger partial charge in [-0.3, -0.25) is 9.59 Å². The molecule has 57 heavy (non-hydrogen) atoms. The van der Waals surface area contributed by atoms with Crippen molar-refractivity contribution in [2.45, 2.75) is 244 Å². The quantitative estimate of drug-likeness (QED) is 0.0247. The standard InChI is InChI=1S/C51H91NO5/c1-4-7-10-13-16-19-22-24-25-26-29-32-35-38-41-44-51(56)57-47(42-39-36-33-30-28-23-20-17-14-11-8-5-2)45-50(55)52-48(46-53)49(54)43-40-37-34-31-27-21-18-15-12-9-6-3/h7-8,10-11,13,16-17,19-20,22,47-49,53-54H,4-6,9,12,14-15,18,21,23-46H2,1-3H3,(H,52,55)/b10-7+,11-8+,16-13+,20-17+,22-19+. The van der Waals surface area contributed by atoms with Crippen LogP contribution in [-0.4, -0.2) is 46.9 Å². The molecule has 6 heteroatoms. The second-order valence-corrected chi connectivity index (χ2v) is 16.2. The van der Waals surface area contributed by atoms with Gasteiger partial charge in [0.2, 0.25) is 5.91 Å². The molecule has 0 aromatic rings. The average Bonchev–Trinajstić information content (AvgIpc) is 3.20. The predicted molar refractivity (Wildman–Crippen MR) is 245 cm³/mol. The number of hydrogen-bond donors (Lipinski definition) is 3. The highest BCUT2D eigenvalue weighted by Gasteiger charge is 2.24. The largest absolute Gasteiger partial charge is 0.462 e. The van der Waals surface area contributed by atoms with E-state index in [1.807, 2.05) is 0 Å². The van der Waals surface area contributed by atoms with Gasteiger partial charge in [-0.15, -0.1) is 0 Å². The molecular formula is C51H91NO5. The van der Waals surface area contributed by atoms with E-state index in [0.29, 0.717) is 19.3 Å². The number of esters is 1. The van der Waals surface area contributed by atoms with E-state index < -0.39 is 18.2 Å². The summed E-state index contributed by atoms with van der Waals surface area (Å²) in [5.74, 6) is -0.504. The normalized spacial score (nSPS) is 13.8. The van der Waals surface area contributed by atoms with Crippen molar-refractivity contribution in [1.29, 1.82) is 0 Å². The predicted octanol–water partition coefficient (Wildman–Crippen LogP) is 14.1. The topological polar surface area (TPSA) is 95.9 Å². The number of allylic oxidation sites excluding steroid dienone is 10. The van der Waals surface area contributed by atoms with E-state index in [2.05, 4.69) is 86.8 Å². The Kier molecular flexibility index (Phi) is 42.7. The van der Waals surface area contributed by atoms with Crippen molar-refractivity contribution >= 4 is 11.9 Å². The Morgan fingerprint density at radius 1 is 0.544 bits per heavy atom. The van der Waals surface area contributed by atoms with Gasteiger partial charge in [-0.2, -0.15) is 0 Å². The molecule has 0 saturated carbocycles. The molecule has 0 aliphatic rings. The van der Waals surface area contributed by atoms with Gasteiger partial charge < -0.3 is 20.3 Å². The molecule has 1 amide bonds. The Hall–Kier alpha value is -2.44. The van der Waals surface area contributed by atoms with Gasteiger partial charge in [-0.1, -0.05) is 204 Å². The first-order chi connectivity index (χ1) is 28.0. The summed E-state index contributed by atoms with van der Waals surface area (Å²) in [6, 6.07) is -0.708. The molecule has 0 bridgehead atoms. The number of ether oxygens (including phenoxy) is 1. The number of hydrogen-bond acceptors (Lipinski definition) is 5. The lowest BCUT2D eigenvalue weighted by molar-refractivity contribution is -0.151. The fourth-order valence-electron chi connectivity index (χ4n) is 7.06. The average molecular weight is 798 g/mol. The number of carbonyl (C=O) groups is 2. The summed E-state index contributed by atoms with van der Waals surface area (Å²) >= 11 is 0. The van der Waals surface area contributed by atoms with E-state index in [-0.39, 0.29) is 24.9 Å². The van der Waals surface area contributed by atoms with Crippen LogP contribution in [0.3, 0.4) is 0 Å². The van der Waals surface area contributed by atoms with E-state index >= 15 is 0 Å². The first-order valence-corrected chi connectivity index (χ1v) is 24.0. The number of rotatable bonds is 42. The first kappa shape index (κ1) is 54.6. The Bertz CT molecular complexity index is 1030. The van der Waals surface area contributed by atoms with Crippen LogP contribution in [0.5, 0.6) is 0 Å². The van der Waals surface area contributed by atoms with Crippen LogP contribution in [0, 0.1) is 0 Å². The maximum atomic E-state index is 13.2. The number of nitrogens with one attached hydrogen (secondary N) is 1. The Morgan fingerprint density at radius 3 is 1.61 bits per heavy atom. The van der Waals surface area contributed by atoms with Gasteiger partial charge in [-0.25, -0.2) is 0 Å². The van der Waals surface area contributed by atoms with Crippen LogP contribution in [0.15, 0.2) is 60.8 Å². The fourth-order valence-corrected chi connectivity index (χ4v) is 7.06. The summed E-state index contributed by atoms with van der Waals surface area (Å²) in [6.45, 7) is 6.23. The van der Waals surface area contributed by atoms with Gasteiger partial charge >= 0.3 is 5.97 Å². The van der Waals surface area contributed by atoms with Crippen LogP contribution in [0.2, 0.25) is 0 Å². The lowest BCUT2D eigenvalue weighted by Gasteiger charge is -2.24. The Balaban J connectivity index is 4.61. The van der Waals surface area contributed by atoms with Crippen molar-refractivity contribution in [2.75, 3.05) is 6.61 Å². The molecule has 0 aliphatic carbocycles. The van der Waals surface area contributed by atoms with Crippen molar-refractivity contribution in [3.63, 3.8) is 0 Å². The highest BCUT2D eigenvalue weighted by Crippen LogP contribution is 2.17. The number of carbonyl (C=O) groups excluding carboxylic acids is 2. The lowest BCUT2D eigenvalue weighted by atomic mass is 10.0. The van der Waals surface area contributed by atoms with E-state index in [1.54, 1.807) is 0 Å². The van der Waals surface area contributed by atoms with E-state index in [9.17, 15) is 19.8 Å². The van der Waals surface area contributed by atoms with Crippen molar-refractivity contribution < 1.29 is 24.5 Å². The van der Waals surface area contributed by atoms with E-state index in [1.165, 1.54) is 89.9 Å². The zero-order chi connectivity index (χ0) is 41.7. The zero-order valence-corrected chi connectivity index (χ0v) is 37.5. The second-order valence-electron chi connectivity index (χ2n) is 16.2. The number of amides is 1. The van der Waals surface area contributed by atoms with Gasteiger partial charge in [0.25, 0.3) is 0 Å². The summed E-state index contributed by atoms with van der Waals surface area (Å²) in [7, 11) is 0. The third-order valence-corrected chi connectivity index (χ3v) is 10.7. The van der Waals surface area contributed by atoms with Gasteiger partial charge in [0.05, 0.1) is 25.2 Å². The molecule has 0 aromatic heterocycles. The molecule has 0 aromatic carbocycles. The molecule has 0 fully saturated rings. The van der Waals surface area contributed by atoms with Crippen molar-refractivity contribution in [3.8, 4) is 0 Å². The van der Waals surface area contributed by atoms with Crippen LogP contribution in [0.1, 0.15) is 226 Å². The molecule has 0 heterocycles. The summed E-state index contributed by atoms with van der Waals surface area (Å²) in [4.78, 5) is 26.0. The number of aliphatic hydroxyl groups is 2. The fraction of sp³-hybridized carbons (Fsp3) is 0.765. The molecule has 0 rings (SSSR count). The molecule has 0 saturated heterocycles. The summed E-state index contributed by atoms with van der Waals surface area (Å²) in [6.07, 6.45) is 54.2. The molecular weight excluding hydrogens is 707 g/mol. The van der Waals surface area contributed by atoms with Crippen molar-refractivity contribution in [2.24, 2.45) is 0 Å². The van der Waals surface area contributed by atoms with Crippen molar-refractivity contribution in [1.82, 2.24) is 5.32 Å². The van der Waals surface area contributed by atoms with Crippen LogP contribution in [-0.2, 0) is 14.3 Å². The van der Waals surface area contributed by atoms with Gasteiger partial charge in [0.1, 0.15) is 6.10 Å². The lowest BCUT2D eigenvalue weighted by Crippen LogP contribution is -2.46. The van der Waals surface area contributed by atoms with Crippen LogP contribution in [0.25, 0.3) is 0 Å². The third kappa shape index (κ3) is 40.1. The molecule has 3 atom stereocenters. The minimum Gasteiger partial charge on any atom is -0.462 e. The maximum Gasteiger partial charge on any atom is 0.306 e. The minimum absolute atomic E-state index is 0.0616. The van der Waals surface area contributed by atoms with E-state index in [4.69, 9.17) is 4.74 Å². The minimum atomic E-state index is -0.793. The summed E-state index contributed by atoms with van der Waals surface area (Å²) in [5, 5.41) is 23.7. The molecule has 3 N–H and O–H groups in total. The highest BCUT2D eigenvalue weighted by molar-refractivity contribution is 5.77. The molecule has 0 radical (unpaired) electrons. The van der Waals surface area contributed by atoms with E-state index in [0.717, 1.165) is 89.9 Å². The Labute approximate surface area is 352 Å². The number of aliphatic hydroxyl groups excluding tert-OH is 2. The van der Waals surface area contributed by atoms with Gasteiger partial charge in [0.15, 0.2) is 0 Å². The molecule has 0 spiro atoms. The first-order valence-electron chi connectivity index (χ1n) is 24.0. The van der Waals surface area contributed by atoms with Crippen LogP contribution < -0.4 is 5.32 Å². The third-order valence-electron chi connectivity index (χ3n) is 10.7. The second kappa shape index (κ2) is 44.7. The maximum absolute atomic E-state index is 13.2. The molecule has 3 unspecified atom stereocenters. The zero-order valence-electron chi connectivity index (χ0n) is 37.5.